The molecule has 0 unspecified atom stereocenters. The molecule has 1 heterocycles. The molecule has 0 saturated carbocycles. The molecule has 140 valence electrons. The lowest BCUT2D eigenvalue weighted by atomic mass is 10.1. The molecule has 0 saturated heterocycles. The Balaban J connectivity index is 2.10. The quantitative estimate of drug-likeness (QED) is 0.523. The van der Waals surface area contributed by atoms with Crippen LogP contribution in [0, 0.1) is 13.8 Å². The molecule has 27 heavy (non-hydrogen) atoms. The summed E-state index contributed by atoms with van der Waals surface area (Å²) in [6, 6.07) is 13.3. The first-order valence-electron chi connectivity index (χ1n) is 8.99. The number of aromatic nitrogens is 2. The maximum absolute atomic E-state index is 13.2. The number of hydrogen-bond acceptors (Lipinski definition) is 4. The minimum atomic E-state index is -0.123. The van der Waals surface area contributed by atoms with Crippen molar-refractivity contribution in [3.63, 3.8) is 0 Å². The van der Waals surface area contributed by atoms with E-state index in [1.54, 1.807) is 10.6 Å². The molecule has 3 rings (SSSR count). The highest BCUT2D eigenvalue weighted by atomic mass is 32.2. The Bertz CT molecular complexity index is 1020. The number of nitrogens with zero attached hydrogens (tertiary/aromatic N) is 2. The van der Waals surface area contributed by atoms with Crippen molar-refractivity contribution in [3.8, 4) is 5.69 Å². The monoisotopic (exact) mass is 381 g/mol. The van der Waals surface area contributed by atoms with Gasteiger partial charge >= 0.3 is 0 Å². The van der Waals surface area contributed by atoms with Gasteiger partial charge in [0.1, 0.15) is 0 Å². The van der Waals surface area contributed by atoms with Crippen LogP contribution in [0.15, 0.2) is 52.4 Å². The molecule has 0 aliphatic rings. The highest BCUT2D eigenvalue weighted by Gasteiger charge is 2.15. The summed E-state index contributed by atoms with van der Waals surface area (Å²) < 4.78 is 1.61. The molecule has 5 nitrogen and oxygen atoms in total. The van der Waals surface area contributed by atoms with E-state index in [9.17, 15) is 9.59 Å². The number of carbonyl (C=O) groups is 1. The zero-order valence-electron chi connectivity index (χ0n) is 15.8. The molecule has 0 bridgehead atoms. The predicted octanol–water partition coefficient (Wildman–Crippen LogP) is 3.62. The highest BCUT2D eigenvalue weighted by molar-refractivity contribution is 7.99. The van der Waals surface area contributed by atoms with Gasteiger partial charge < -0.3 is 5.32 Å². The highest BCUT2D eigenvalue weighted by Crippen LogP contribution is 2.22. The number of thioether (sulfide) groups is 1. The SMILES string of the molecule is CCCNC(=O)CSc1nc2ccccc2c(=O)n1-c1cc(C)cc(C)c1. The number of hydrogen-bond donors (Lipinski definition) is 1. The number of rotatable bonds is 6. The van der Waals surface area contributed by atoms with E-state index in [2.05, 4.69) is 16.4 Å². The molecule has 1 amide bonds. The maximum atomic E-state index is 13.2. The summed E-state index contributed by atoms with van der Waals surface area (Å²) in [5.41, 5.74) is 3.43. The summed E-state index contributed by atoms with van der Waals surface area (Å²) in [6.45, 7) is 6.66. The lowest BCUT2D eigenvalue weighted by molar-refractivity contribution is -0.118. The third kappa shape index (κ3) is 4.39. The average Bonchev–Trinajstić information content (AvgIpc) is 2.64. The van der Waals surface area contributed by atoms with Gasteiger partial charge in [0.15, 0.2) is 5.16 Å². The fourth-order valence-corrected chi connectivity index (χ4v) is 3.80. The molecular formula is C21H23N3O2S. The molecule has 1 N–H and O–H groups in total. The van der Waals surface area contributed by atoms with Gasteiger partial charge in [0.2, 0.25) is 5.91 Å². The number of carbonyl (C=O) groups excluding carboxylic acids is 1. The lowest BCUT2D eigenvalue weighted by Crippen LogP contribution is -2.27. The van der Waals surface area contributed by atoms with Crippen molar-refractivity contribution in [3.05, 3.63) is 63.9 Å². The fraction of sp³-hybridized carbons (Fsp3) is 0.286. The normalized spacial score (nSPS) is 10.9. The summed E-state index contributed by atoms with van der Waals surface area (Å²) in [6.07, 6.45) is 0.887. The predicted molar refractivity (Wildman–Crippen MR) is 111 cm³/mol. The van der Waals surface area contributed by atoms with Crippen LogP contribution in [0.3, 0.4) is 0 Å². The third-order valence-electron chi connectivity index (χ3n) is 4.11. The van der Waals surface area contributed by atoms with Crippen LogP contribution in [0.2, 0.25) is 0 Å². The fourth-order valence-electron chi connectivity index (χ4n) is 2.96. The van der Waals surface area contributed by atoms with E-state index in [-0.39, 0.29) is 17.2 Å². The molecule has 0 aliphatic carbocycles. The second-order valence-electron chi connectivity index (χ2n) is 6.54. The molecule has 0 radical (unpaired) electrons. The van der Waals surface area contributed by atoms with E-state index < -0.39 is 0 Å². The van der Waals surface area contributed by atoms with Crippen molar-refractivity contribution in [2.75, 3.05) is 12.3 Å². The van der Waals surface area contributed by atoms with Crippen LogP contribution >= 0.6 is 11.8 Å². The average molecular weight is 382 g/mol. The Kier molecular flexibility index (Phi) is 5.96. The minimum absolute atomic E-state index is 0.0590. The van der Waals surface area contributed by atoms with Crippen molar-refractivity contribution in [2.24, 2.45) is 0 Å². The lowest BCUT2D eigenvalue weighted by Gasteiger charge is -2.14. The summed E-state index contributed by atoms with van der Waals surface area (Å²) in [5.74, 6) is 0.159. The van der Waals surface area contributed by atoms with Gasteiger partial charge in [-0.05, 0) is 55.7 Å². The zero-order chi connectivity index (χ0) is 19.4. The van der Waals surface area contributed by atoms with Crippen molar-refractivity contribution in [1.29, 1.82) is 0 Å². The van der Waals surface area contributed by atoms with E-state index in [4.69, 9.17) is 0 Å². The maximum Gasteiger partial charge on any atom is 0.266 e. The second kappa shape index (κ2) is 8.39. The van der Waals surface area contributed by atoms with E-state index in [0.29, 0.717) is 22.6 Å². The molecular weight excluding hydrogens is 358 g/mol. The Morgan fingerprint density at radius 2 is 1.85 bits per heavy atom. The summed E-state index contributed by atoms with van der Waals surface area (Å²) in [5, 5.41) is 3.95. The van der Waals surface area contributed by atoms with Gasteiger partial charge in [0, 0.05) is 6.54 Å². The largest absolute Gasteiger partial charge is 0.355 e. The number of aryl methyl sites for hydroxylation is 2. The molecule has 0 aliphatic heterocycles. The summed E-state index contributed by atoms with van der Waals surface area (Å²) >= 11 is 1.28. The molecule has 0 spiro atoms. The topological polar surface area (TPSA) is 64.0 Å². The van der Waals surface area contributed by atoms with E-state index >= 15 is 0 Å². The zero-order valence-corrected chi connectivity index (χ0v) is 16.6. The van der Waals surface area contributed by atoms with Gasteiger partial charge in [0.05, 0.1) is 22.3 Å². The number of benzene rings is 2. The van der Waals surface area contributed by atoms with Gasteiger partial charge in [-0.1, -0.05) is 36.9 Å². The van der Waals surface area contributed by atoms with E-state index in [1.807, 2.05) is 51.1 Å². The molecule has 2 aromatic carbocycles. The number of amides is 1. The van der Waals surface area contributed by atoms with Crippen LogP contribution in [0.1, 0.15) is 24.5 Å². The molecule has 1 aromatic heterocycles. The number of nitrogens with one attached hydrogen (secondary N) is 1. The van der Waals surface area contributed by atoms with Crippen LogP contribution in [-0.2, 0) is 4.79 Å². The molecule has 6 heteroatoms. The van der Waals surface area contributed by atoms with Crippen LogP contribution in [0.25, 0.3) is 16.6 Å². The molecule has 0 fully saturated rings. The smallest absolute Gasteiger partial charge is 0.266 e. The van der Waals surface area contributed by atoms with Crippen LogP contribution in [0.5, 0.6) is 0 Å². The van der Waals surface area contributed by atoms with Crippen LogP contribution < -0.4 is 10.9 Å². The Morgan fingerprint density at radius 3 is 2.56 bits per heavy atom. The number of para-hydroxylation sites is 1. The Morgan fingerprint density at radius 1 is 1.15 bits per heavy atom. The third-order valence-corrected chi connectivity index (χ3v) is 5.05. The van der Waals surface area contributed by atoms with E-state index in [0.717, 1.165) is 23.2 Å². The van der Waals surface area contributed by atoms with Crippen LogP contribution in [-0.4, -0.2) is 27.8 Å². The second-order valence-corrected chi connectivity index (χ2v) is 7.48. The minimum Gasteiger partial charge on any atom is -0.355 e. The van der Waals surface area contributed by atoms with Gasteiger partial charge in [-0.15, -0.1) is 0 Å². The van der Waals surface area contributed by atoms with Gasteiger partial charge in [0.25, 0.3) is 5.56 Å². The van der Waals surface area contributed by atoms with Crippen molar-refractivity contribution in [2.45, 2.75) is 32.3 Å². The first kappa shape index (κ1) is 19.2. The molecule has 3 aromatic rings. The summed E-state index contributed by atoms with van der Waals surface area (Å²) in [4.78, 5) is 29.9. The number of fused-ring (bicyclic) bond motifs is 1. The van der Waals surface area contributed by atoms with Crippen LogP contribution in [0.4, 0.5) is 0 Å². The van der Waals surface area contributed by atoms with Crippen molar-refractivity contribution >= 4 is 28.6 Å². The molecule has 0 atom stereocenters. The van der Waals surface area contributed by atoms with Crippen molar-refractivity contribution in [1.82, 2.24) is 14.9 Å². The first-order chi connectivity index (χ1) is 13.0. The van der Waals surface area contributed by atoms with Gasteiger partial charge in [-0.25, -0.2) is 4.98 Å². The van der Waals surface area contributed by atoms with Crippen molar-refractivity contribution < 1.29 is 4.79 Å². The van der Waals surface area contributed by atoms with Gasteiger partial charge in [-0.3, -0.25) is 14.2 Å². The Hall–Kier alpha value is -2.60. The van der Waals surface area contributed by atoms with E-state index in [1.165, 1.54) is 11.8 Å². The standard InChI is InChI=1S/C21H23N3O2S/c1-4-9-22-19(25)13-27-21-23-18-8-6-5-7-17(18)20(26)24(21)16-11-14(2)10-15(3)12-16/h5-8,10-12H,4,9,13H2,1-3H3,(H,22,25). The Labute approximate surface area is 162 Å². The first-order valence-corrected chi connectivity index (χ1v) is 9.98. The van der Waals surface area contributed by atoms with Gasteiger partial charge in [-0.2, -0.15) is 0 Å². The summed E-state index contributed by atoms with van der Waals surface area (Å²) in [7, 11) is 0.